The highest BCUT2D eigenvalue weighted by Gasteiger charge is 2.14. The SMILES string of the molecule is O=C(OCc1ccccc1)N1CC=CCC1. The first kappa shape index (κ1) is 10.7. The second-order valence-corrected chi connectivity index (χ2v) is 3.75. The number of amides is 1. The Kier molecular flexibility index (Phi) is 3.59. The molecule has 0 saturated carbocycles. The maximum atomic E-state index is 11.6. The van der Waals surface area contributed by atoms with Crippen LogP contribution in [-0.2, 0) is 11.3 Å². The van der Waals surface area contributed by atoms with E-state index in [2.05, 4.69) is 6.08 Å². The maximum absolute atomic E-state index is 11.6. The quantitative estimate of drug-likeness (QED) is 0.712. The summed E-state index contributed by atoms with van der Waals surface area (Å²) in [4.78, 5) is 13.4. The number of carbonyl (C=O) groups excluding carboxylic acids is 1. The molecule has 84 valence electrons. The molecule has 1 amide bonds. The molecule has 1 heterocycles. The number of benzene rings is 1. The minimum absolute atomic E-state index is 0.229. The van der Waals surface area contributed by atoms with E-state index in [1.807, 2.05) is 36.4 Å². The number of hydrogen-bond donors (Lipinski definition) is 0. The molecule has 0 spiro atoms. The summed E-state index contributed by atoms with van der Waals surface area (Å²) in [6.07, 6.45) is 4.77. The zero-order chi connectivity index (χ0) is 11.2. The summed E-state index contributed by atoms with van der Waals surface area (Å²) in [5, 5.41) is 0. The zero-order valence-electron chi connectivity index (χ0n) is 9.13. The van der Waals surface area contributed by atoms with Crippen molar-refractivity contribution in [2.24, 2.45) is 0 Å². The molecule has 1 aliphatic heterocycles. The first-order chi connectivity index (χ1) is 7.86. The summed E-state index contributed by atoms with van der Waals surface area (Å²) in [6.45, 7) is 1.76. The third-order valence-electron chi connectivity index (χ3n) is 2.52. The number of ether oxygens (including phenoxy) is 1. The number of hydrogen-bond acceptors (Lipinski definition) is 2. The molecule has 3 nitrogen and oxygen atoms in total. The van der Waals surface area contributed by atoms with E-state index in [0.29, 0.717) is 13.2 Å². The van der Waals surface area contributed by atoms with Crippen molar-refractivity contribution in [3.63, 3.8) is 0 Å². The smallest absolute Gasteiger partial charge is 0.410 e. The lowest BCUT2D eigenvalue weighted by Gasteiger charge is -2.22. The van der Waals surface area contributed by atoms with Crippen molar-refractivity contribution in [3.05, 3.63) is 48.0 Å². The van der Waals surface area contributed by atoms with E-state index in [9.17, 15) is 4.79 Å². The summed E-state index contributed by atoms with van der Waals surface area (Å²) >= 11 is 0. The van der Waals surface area contributed by atoms with Gasteiger partial charge in [-0.15, -0.1) is 0 Å². The van der Waals surface area contributed by atoms with Crippen LogP contribution in [-0.4, -0.2) is 24.1 Å². The van der Waals surface area contributed by atoms with Gasteiger partial charge in [0, 0.05) is 13.1 Å². The summed E-state index contributed by atoms with van der Waals surface area (Å²) < 4.78 is 5.22. The molecule has 0 radical (unpaired) electrons. The average Bonchev–Trinajstić information content (AvgIpc) is 2.38. The van der Waals surface area contributed by atoms with Crippen molar-refractivity contribution in [2.45, 2.75) is 13.0 Å². The second-order valence-electron chi connectivity index (χ2n) is 3.75. The first-order valence-electron chi connectivity index (χ1n) is 5.47. The second kappa shape index (κ2) is 5.35. The van der Waals surface area contributed by atoms with Crippen LogP contribution in [0.5, 0.6) is 0 Å². The van der Waals surface area contributed by atoms with E-state index in [-0.39, 0.29) is 6.09 Å². The molecule has 0 saturated heterocycles. The van der Waals surface area contributed by atoms with Crippen molar-refractivity contribution in [1.82, 2.24) is 4.90 Å². The molecule has 0 bridgehead atoms. The molecule has 0 aromatic heterocycles. The largest absolute Gasteiger partial charge is 0.445 e. The van der Waals surface area contributed by atoms with Gasteiger partial charge in [0.25, 0.3) is 0 Å². The van der Waals surface area contributed by atoms with Crippen LogP contribution in [0.25, 0.3) is 0 Å². The van der Waals surface area contributed by atoms with Crippen molar-refractivity contribution in [3.8, 4) is 0 Å². The Morgan fingerprint density at radius 1 is 1.25 bits per heavy atom. The first-order valence-corrected chi connectivity index (χ1v) is 5.47. The molecule has 2 rings (SSSR count). The van der Waals surface area contributed by atoms with Gasteiger partial charge in [-0.05, 0) is 12.0 Å². The molecule has 0 unspecified atom stereocenters. The molecule has 0 fully saturated rings. The Labute approximate surface area is 95.3 Å². The molecule has 1 aliphatic rings. The third kappa shape index (κ3) is 2.86. The van der Waals surface area contributed by atoms with Gasteiger partial charge in [-0.2, -0.15) is 0 Å². The predicted molar refractivity (Wildman–Crippen MR) is 62.0 cm³/mol. The van der Waals surface area contributed by atoms with E-state index < -0.39 is 0 Å². The standard InChI is InChI=1S/C13H15NO2/c15-13(14-9-5-2-6-10-14)16-11-12-7-3-1-4-8-12/h1-5,7-8H,6,9-11H2. The topological polar surface area (TPSA) is 29.5 Å². The molecule has 16 heavy (non-hydrogen) atoms. The highest BCUT2D eigenvalue weighted by Crippen LogP contribution is 2.06. The molecular formula is C13H15NO2. The summed E-state index contributed by atoms with van der Waals surface area (Å²) in [7, 11) is 0. The van der Waals surface area contributed by atoms with Gasteiger partial charge < -0.3 is 9.64 Å². The molecule has 1 aromatic rings. The van der Waals surface area contributed by atoms with Gasteiger partial charge in [0.2, 0.25) is 0 Å². The highest BCUT2D eigenvalue weighted by atomic mass is 16.6. The lowest BCUT2D eigenvalue weighted by molar-refractivity contribution is 0.0994. The number of rotatable bonds is 2. The van der Waals surface area contributed by atoms with Crippen LogP contribution < -0.4 is 0 Å². The average molecular weight is 217 g/mol. The summed E-state index contributed by atoms with van der Waals surface area (Å²) in [6, 6.07) is 9.72. The highest BCUT2D eigenvalue weighted by molar-refractivity contribution is 5.68. The van der Waals surface area contributed by atoms with Gasteiger partial charge >= 0.3 is 6.09 Å². The van der Waals surface area contributed by atoms with E-state index in [4.69, 9.17) is 4.74 Å². The van der Waals surface area contributed by atoms with Crippen LogP contribution in [0, 0.1) is 0 Å². The van der Waals surface area contributed by atoms with E-state index in [1.165, 1.54) is 0 Å². The molecule has 3 heteroatoms. The molecular weight excluding hydrogens is 202 g/mol. The van der Waals surface area contributed by atoms with Gasteiger partial charge in [-0.25, -0.2) is 4.79 Å². The summed E-state index contributed by atoms with van der Waals surface area (Å²) in [5.74, 6) is 0. The Bertz CT molecular complexity index is 373. The lowest BCUT2D eigenvalue weighted by Crippen LogP contribution is -2.34. The van der Waals surface area contributed by atoms with Crippen LogP contribution in [0.2, 0.25) is 0 Å². The molecule has 0 N–H and O–H groups in total. The fourth-order valence-electron chi connectivity index (χ4n) is 1.62. The van der Waals surface area contributed by atoms with Gasteiger partial charge in [0.05, 0.1) is 0 Å². The van der Waals surface area contributed by atoms with Crippen molar-refractivity contribution < 1.29 is 9.53 Å². The van der Waals surface area contributed by atoms with Crippen LogP contribution in [0.3, 0.4) is 0 Å². The third-order valence-corrected chi connectivity index (χ3v) is 2.52. The van der Waals surface area contributed by atoms with Crippen LogP contribution in [0.15, 0.2) is 42.5 Å². The van der Waals surface area contributed by atoms with Crippen molar-refractivity contribution in [2.75, 3.05) is 13.1 Å². The number of nitrogens with zero attached hydrogens (tertiary/aromatic N) is 1. The monoisotopic (exact) mass is 217 g/mol. The predicted octanol–water partition coefficient (Wildman–Crippen LogP) is 2.59. The lowest BCUT2D eigenvalue weighted by atomic mass is 10.2. The molecule has 0 atom stereocenters. The van der Waals surface area contributed by atoms with E-state index >= 15 is 0 Å². The zero-order valence-corrected chi connectivity index (χ0v) is 9.13. The Morgan fingerprint density at radius 3 is 2.75 bits per heavy atom. The van der Waals surface area contributed by atoms with Crippen LogP contribution in [0.4, 0.5) is 4.79 Å². The number of carbonyl (C=O) groups is 1. The van der Waals surface area contributed by atoms with Crippen molar-refractivity contribution in [1.29, 1.82) is 0 Å². The van der Waals surface area contributed by atoms with E-state index in [0.717, 1.165) is 18.5 Å². The Balaban J connectivity index is 1.82. The fourth-order valence-corrected chi connectivity index (χ4v) is 1.62. The molecule has 0 aliphatic carbocycles. The van der Waals surface area contributed by atoms with Gasteiger partial charge in [-0.3, -0.25) is 0 Å². The molecule has 1 aromatic carbocycles. The normalized spacial score (nSPS) is 14.9. The van der Waals surface area contributed by atoms with Crippen LogP contribution in [0.1, 0.15) is 12.0 Å². The van der Waals surface area contributed by atoms with Gasteiger partial charge in [-0.1, -0.05) is 42.5 Å². The minimum Gasteiger partial charge on any atom is -0.445 e. The fraction of sp³-hybridized carbons (Fsp3) is 0.308. The van der Waals surface area contributed by atoms with Crippen LogP contribution >= 0.6 is 0 Å². The maximum Gasteiger partial charge on any atom is 0.410 e. The van der Waals surface area contributed by atoms with Gasteiger partial charge in [0.15, 0.2) is 0 Å². The Hall–Kier alpha value is -1.77. The Morgan fingerprint density at radius 2 is 2.06 bits per heavy atom. The van der Waals surface area contributed by atoms with Gasteiger partial charge in [0.1, 0.15) is 6.61 Å². The minimum atomic E-state index is -0.229. The van der Waals surface area contributed by atoms with Crippen molar-refractivity contribution >= 4 is 6.09 Å². The summed E-state index contributed by atoms with van der Waals surface area (Å²) in [5.41, 5.74) is 1.02. The van der Waals surface area contributed by atoms with E-state index in [1.54, 1.807) is 4.90 Å².